The van der Waals surface area contributed by atoms with Crippen molar-refractivity contribution in [1.29, 1.82) is 0 Å². The average molecular weight is 368 g/mol. The summed E-state index contributed by atoms with van der Waals surface area (Å²) in [6.07, 6.45) is 2.87. The number of thioether (sulfide) groups is 1. The molecule has 1 saturated heterocycles. The molecule has 1 fully saturated rings. The molecule has 2 aromatic heterocycles. The van der Waals surface area contributed by atoms with Gasteiger partial charge in [-0.3, -0.25) is 9.59 Å². The number of aromatic nitrogens is 3. The summed E-state index contributed by atoms with van der Waals surface area (Å²) in [6.45, 7) is 1.02. The van der Waals surface area contributed by atoms with E-state index in [4.69, 9.17) is 16.0 Å². The highest BCUT2D eigenvalue weighted by molar-refractivity contribution is 7.99. The van der Waals surface area contributed by atoms with Crippen molar-refractivity contribution in [3.05, 3.63) is 29.2 Å². The first-order valence-electron chi connectivity index (χ1n) is 7.24. The van der Waals surface area contributed by atoms with E-state index in [1.54, 1.807) is 17.0 Å². The van der Waals surface area contributed by atoms with Gasteiger partial charge >= 0.3 is 0 Å². The first kappa shape index (κ1) is 16.7. The first-order valence-corrected chi connectivity index (χ1v) is 8.61. The zero-order valence-corrected chi connectivity index (χ0v) is 14.1. The molecule has 1 aliphatic heterocycles. The summed E-state index contributed by atoms with van der Waals surface area (Å²) < 4.78 is 5.44. The fourth-order valence-corrected chi connectivity index (χ4v) is 2.84. The maximum atomic E-state index is 11.9. The van der Waals surface area contributed by atoms with Crippen molar-refractivity contribution >= 4 is 41.0 Å². The molecule has 10 heteroatoms. The van der Waals surface area contributed by atoms with E-state index in [1.807, 2.05) is 0 Å². The highest BCUT2D eigenvalue weighted by Crippen LogP contribution is 2.19. The van der Waals surface area contributed by atoms with Crippen LogP contribution in [-0.2, 0) is 16.1 Å². The standard InChI is InChI=1S/C14H14ClN5O3S/c15-9-3-4-10(16-6-9)17-11(21)8-24-14-19-18-12(23-14)7-20-5-1-2-13(20)22/h3-4,6H,1-2,5,7-8H2,(H,16,17,21). The number of rotatable bonds is 6. The van der Waals surface area contributed by atoms with Gasteiger partial charge in [0.05, 0.1) is 17.3 Å². The molecule has 0 aromatic carbocycles. The van der Waals surface area contributed by atoms with E-state index >= 15 is 0 Å². The van der Waals surface area contributed by atoms with Crippen molar-refractivity contribution in [3.8, 4) is 0 Å². The van der Waals surface area contributed by atoms with Crippen LogP contribution in [0.5, 0.6) is 0 Å². The molecular formula is C14H14ClN5O3S. The fraction of sp³-hybridized carbons (Fsp3) is 0.357. The van der Waals surface area contributed by atoms with Gasteiger partial charge in [-0.25, -0.2) is 4.98 Å². The van der Waals surface area contributed by atoms with Gasteiger partial charge in [-0.15, -0.1) is 10.2 Å². The van der Waals surface area contributed by atoms with Crippen molar-refractivity contribution in [2.45, 2.75) is 24.6 Å². The zero-order chi connectivity index (χ0) is 16.9. The Labute approximate surface area is 147 Å². The molecule has 1 aliphatic rings. The van der Waals surface area contributed by atoms with Gasteiger partial charge in [0, 0.05) is 19.2 Å². The van der Waals surface area contributed by atoms with Gasteiger partial charge < -0.3 is 14.6 Å². The highest BCUT2D eigenvalue weighted by atomic mass is 35.5. The topological polar surface area (TPSA) is 101 Å². The Balaban J connectivity index is 1.47. The van der Waals surface area contributed by atoms with E-state index in [0.717, 1.165) is 18.2 Å². The Bertz CT molecular complexity index is 736. The molecule has 0 spiro atoms. The summed E-state index contributed by atoms with van der Waals surface area (Å²) in [5.41, 5.74) is 0. The number of carbonyl (C=O) groups is 2. The van der Waals surface area contributed by atoms with E-state index in [1.165, 1.54) is 6.20 Å². The van der Waals surface area contributed by atoms with Crippen molar-refractivity contribution in [3.63, 3.8) is 0 Å². The fourth-order valence-electron chi connectivity index (χ4n) is 2.15. The lowest BCUT2D eigenvalue weighted by Crippen LogP contribution is -2.23. The van der Waals surface area contributed by atoms with E-state index in [9.17, 15) is 9.59 Å². The Kier molecular flexibility index (Phi) is 5.31. The van der Waals surface area contributed by atoms with Crippen molar-refractivity contribution < 1.29 is 14.0 Å². The molecule has 0 atom stereocenters. The number of amides is 2. The third-order valence-corrected chi connectivity index (χ3v) is 4.31. The molecule has 3 heterocycles. The summed E-state index contributed by atoms with van der Waals surface area (Å²) >= 11 is 6.85. The molecule has 2 aromatic rings. The molecule has 126 valence electrons. The third kappa shape index (κ3) is 4.45. The number of hydrogen-bond acceptors (Lipinski definition) is 7. The Morgan fingerprint density at radius 3 is 3.00 bits per heavy atom. The molecule has 2 amide bonds. The summed E-state index contributed by atoms with van der Waals surface area (Å²) in [7, 11) is 0. The highest BCUT2D eigenvalue weighted by Gasteiger charge is 2.22. The molecule has 0 unspecified atom stereocenters. The number of hydrogen-bond donors (Lipinski definition) is 1. The molecule has 1 N–H and O–H groups in total. The predicted octanol–water partition coefficient (Wildman–Crippen LogP) is 1.97. The van der Waals surface area contributed by atoms with Crippen LogP contribution in [0, 0.1) is 0 Å². The summed E-state index contributed by atoms with van der Waals surface area (Å²) in [6, 6.07) is 3.25. The maximum Gasteiger partial charge on any atom is 0.277 e. The Morgan fingerprint density at radius 2 is 2.29 bits per heavy atom. The second-order valence-corrected chi connectivity index (χ2v) is 6.44. The normalized spacial score (nSPS) is 14.2. The SMILES string of the molecule is O=C(CSc1nnc(CN2CCCC2=O)o1)Nc1ccc(Cl)cn1. The van der Waals surface area contributed by atoms with Gasteiger partial charge in [-0.2, -0.15) is 0 Å². The molecule has 0 aliphatic carbocycles. The van der Waals surface area contributed by atoms with Gasteiger partial charge in [0.1, 0.15) is 5.82 Å². The van der Waals surface area contributed by atoms with Crippen LogP contribution in [0.3, 0.4) is 0 Å². The van der Waals surface area contributed by atoms with E-state index in [0.29, 0.717) is 36.2 Å². The lowest BCUT2D eigenvalue weighted by atomic mass is 10.4. The molecule has 0 bridgehead atoms. The summed E-state index contributed by atoms with van der Waals surface area (Å²) in [5, 5.41) is 11.2. The Morgan fingerprint density at radius 1 is 1.42 bits per heavy atom. The van der Waals surface area contributed by atoms with Gasteiger partial charge in [0.25, 0.3) is 5.22 Å². The van der Waals surface area contributed by atoms with Crippen LogP contribution in [0.1, 0.15) is 18.7 Å². The molecular weight excluding hydrogens is 354 g/mol. The lowest BCUT2D eigenvalue weighted by molar-refractivity contribution is -0.128. The van der Waals surface area contributed by atoms with Crippen molar-refractivity contribution in [2.24, 2.45) is 0 Å². The minimum absolute atomic E-state index is 0.0947. The number of halogens is 1. The third-order valence-electron chi connectivity index (χ3n) is 3.27. The van der Waals surface area contributed by atoms with Gasteiger partial charge in [-0.1, -0.05) is 23.4 Å². The van der Waals surface area contributed by atoms with Crippen LogP contribution < -0.4 is 5.32 Å². The number of nitrogens with one attached hydrogen (secondary N) is 1. The molecule has 8 nitrogen and oxygen atoms in total. The van der Waals surface area contributed by atoms with Gasteiger partial charge in [0.2, 0.25) is 17.7 Å². The van der Waals surface area contributed by atoms with Gasteiger partial charge in [-0.05, 0) is 18.6 Å². The van der Waals surface area contributed by atoms with Crippen LogP contribution >= 0.6 is 23.4 Å². The smallest absolute Gasteiger partial charge is 0.277 e. The summed E-state index contributed by atoms with van der Waals surface area (Å²) in [4.78, 5) is 29.1. The average Bonchev–Trinajstić information content (AvgIpc) is 3.18. The van der Waals surface area contributed by atoms with Crippen LogP contribution in [0.4, 0.5) is 5.82 Å². The van der Waals surface area contributed by atoms with E-state index < -0.39 is 0 Å². The quantitative estimate of drug-likeness (QED) is 0.779. The van der Waals surface area contributed by atoms with Gasteiger partial charge in [0.15, 0.2) is 0 Å². The second-order valence-electron chi connectivity index (χ2n) is 5.08. The number of likely N-dealkylation sites (tertiary alicyclic amines) is 1. The number of anilines is 1. The van der Waals surface area contributed by atoms with E-state index in [2.05, 4.69) is 20.5 Å². The van der Waals surface area contributed by atoms with Crippen LogP contribution in [0.2, 0.25) is 5.02 Å². The zero-order valence-electron chi connectivity index (χ0n) is 12.6. The molecule has 3 rings (SSSR count). The molecule has 24 heavy (non-hydrogen) atoms. The van der Waals surface area contributed by atoms with E-state index in [-0.39, 0.29) is 22.8 Å². The summed E-state index contributed by atoms with van der Waals surface area (Å²) in [5.74, 6) is 0.743. The lowest BCUT2D eigenvalue weighted by Gasteiger charge is -2.11. The predicted molar refractivity (Wildman–Crippen MR) is 87.5 cm³/mol. The molecule has 0 radical (unpaired) electrons. The monoisotopic (exact) mass is 367 g/mol. The first-order chi connectivity index (χ1) is 11.6. The maximum absolute atomic E-state index is 11.9. The number of pyridine rings is 1. The minimum Gasteiger partial charge on any atom is -0.414 e. The van der Waals surface area contributed by atoms with Crippen LogP contribution in [-0.4, -0.2) is 44.2 Å². The minimum atomic E-state index is -0.246. The van der Waals surface area contributed by atoms with Crippen LogP contribution in [0.25, 0.3) is 0 Å². The van der Waals surface area contributed by atoms with Crippen molar-refractivity contribution in [1.82, 2.24) is 20.1 Å². The molecule has 0 saturated carbocycles. The number of nitrogens with zero attached hydrogens (tertiary/aromatic N) is 4. The number of carbonyl (C=O) groups excluding carboxylic acids is 2. The van der Waals surface area contributed by atoms with Crippen LogP contribution in [0.15, 0.2) is 28.0 Å². The Hall–Kier alpha value is -2.13. The van der Waals surface area contributed by atoms with Crippen molar-refractivity contribution in [2.75, 3.05) is 17.6 Å². The second kappa shape index (κ2) is 7.63. The largest absolute Gasteiger partial charge is 0.414 e.